The SMILES string of the molecule is CCN1CCCC1CN(C)Cc1ccc(O)c(Br)c1. The molecule has 1 fully saturated rings. The second-order valence-corrected chi connectivity index (χ2v) is 6.26. The Hall–Kier alpha value is -0.580. The molecule has 0 saturated carbocycles. The van der Waals surface area contributed by atoms with Crippen LogP contribution in [0.4, 0.5) is 0 Å². The van der Waals surface area contributed by atoms with Crippen LogP contribution in [0.15, 0.2) is 22.7 Å². The van der Waals surface area contributed by atoms with Gasteiger partial charge < -0.3 is 10.0 Å². The van der Waals surface area contributed by atoms with E-state index in [1.54, 1.807) is 6.07 Å². The Morgan fingerprint density at radius 3 is 2.95 bits per heavy atom. The summed E-state index contributed by atoms with van der Waals surface area (Å²) in [5.41, 5.74) is 1.23. The second-order valence-electron chi connectivity index (χ2n) is 5.41. The van der Waals surface area contributed by atoms with E-state index >= 15 is 0 Å². The zero-order chi connectivity index (χ0) is 13.8. The molecular formula is C15H23BrN2O. The van der Waals surface area contributed by atoms with Crippen LogP contribution in [-0.4, -0.2) is 47.6 Å². The average molecular weight is 327 g/mol. The molecule has 0 amide bonds. The summed E-state index contributed by atoms with van der Waals surface area (Å²) < 4.78 is 0.773. The van der Waals surface area contributed by atoms with Crippen molar-refractivity contribution in [2.45, 2.75) is 32.4 Å². The van der Waals surface area contributed by atoms with Crippen molar-refractivity contribution in [1.82, 2.24) is 9.80 Å². The summed E-state index contributed by atoms with van der Waals surface area (Å²) in [7, 11) is 2.17. The minimum Gasteiger partial charge on any atom is -0.507 e. The maximum atomic E-state index is 9.51. The fraction of sp³-hybridized carbons (Fsp3) is 0.600. The van der Waals surface area contributed by atoms with Gasteiger partial charge in [-0.15, -0.1) is 0 Å². The number of phenolic OH excluding ortho intramolecular Hbond substituents is 1. The van der Waals surface area contributed by atoms with E-state index in [0.29, 0.717) is 11.8 Å². The van der Waals surface area contributed by atoms with Crippen LogP contribution in [0.25, 0.3) is 0 Å². The molecule has 4 heteroatoms. The molecule has 1 aromatic rings. The van der Waals surface area contributed by atoms with Gasteiger partial charge in [-0.3, -0.25) is 4.90 Å². The van der Waals surface area contributed by atoms with Crippen molar-refractivity contribution in [3.8, 4) is 5.75 Å². The highest BCUT2D eigenvalue weighted by Gasteiger charge is 2.23. The lowest BCUT2D eigenvalue weighted by Crippen LogP contribution is -2.38. The third-order valence-corrected chi connectivity index (χ3v) is 4.53. The van der Waals surface area contributed by atoms with Crippen LogP contribution >= 0.6 is 15.9 Å². The van der Waals surface area contributed by atoms with E-state index in [4.69, 9.17) is 0 Å². The maximum Gasteiger partial charge on any atom is 0.129 e. The third kappa shape index (κ3) is 3.94. The highest BCUT2D eigenvalue weighted by atomic mass is 79.9. The van der Waals surface area contributed by atoms with Crippen molar-refractivity contribution in [3.05, 3.63) is 28.2 Å². The number of nitrogens with zero attached hydrogens (tertiary/aromatic N) is 2. The van der Waals surface area contributed by atoms with Crippen molar-refractivity contribution < 1.29 is 5.11 Å². The van der Waals surface area contributed by atoms with Gasteiger partial charge in [-0.2, -0.15) is 0 Å². The highest BCUT2D eigenvalue weighted by Crippen LogP contribution is 2.25. The average Bonchev–Trinajstić information content (AvgIpc) is 2.81. The Bertz CT molecular complexity index is 425. The van der Waals surface area contributed by atoms with Crippen LogP contribution in [-0.2, 0) is 6.54 Å². The van der Waals surface area contributed by atoms with Crippen LogP contribution in [0.1, 0.15) is 25.3 Å². The predicted octanol–water partition coefficient (Wildman–Crippen LogP) is 3.07. The van der Waals surface area contributed by atoms with Gasteiger partial charge in [0.25, 0.3) is 0 Å². The van der Waals surface area contributed by atoms with Crippen LogP contribution in [0.3, 0.4) is 0 Å². The van der Waals surface area contributed by atoms with Crippen LogP contribution < -0.4 is 0 Å². The van der Waals surface area contributed by atoms with Gasteiger partial charge in [0.15, 0.2) is 0 Å². The van der Waals surface area contributed by atoms with Gasteiger partial charge in [-0.1, -0.05) is 13.0 Å². The molecule has 0 radical (unpaired) electrons. The first-order valence-electron chi connectivity index (χ1n) is 7.00. The molecule has 1 aliphatic heterocycles. The van der Waals surface area contributed by atoms with Crippen molar-refractivity contribution >= 4 is 15.9 Å². The highest BCUT2D eigenvalue weighted by molar-refractivity contribution is 9.10. The molecule has 1 N–H and O–H groups in total. The second kappa shape index (κ2) is 6.73. The molecule has 0 aromatic heterocycles. The number of hydrogen-bond acceptors (Lipinski definition) is 3. The van der Waals surface area contributed by atoms with Gasteiger partial charge in [0.1, 0.15) is 5.75 Å². The Morgan fingerprint density at radius 1 is 1.47 bits per heavy atom. The molecule has 19 heavy (non-hydrogen) atoms. The number of aromatic hydroxyl groups is 1. The van der Waals surface area contributed by atoms with Gasteiger partial charge >= 0.3 is 0 Å². The minimum absolute atomic E-state index is 0.305. The van der Waals surface area contributed by atoms with Crippen molar-refractivity contribution in [2.24, 2.45) is 0 Å². The minimum atomic E-state index is 0.305. The standard InChI is InChI=1S/C15H23BrN2O/c1-3-18-8-4-5-13(18)11-17(2)10-12-6-7-15(19)14(16)9-12/h6-7,9,13,19H,3-5,8,10-11H2,1-2H3. The van der Waals surface area contributed by atoms with Crippen LogP contribution in [0, 0.1) is 0 Å². The summed E-state index contributed by atoms with van der Waals surface area (Å²) >= 11 is 3.37. The Balaban J connectivity index is 1.90. The molecule has 1 unspecified atom stereocenters. The van der Waals surface area contributed by atoms with Crippen LogP contribution in [0.2, 0.25) is 0 Å². The van der Waals surface area contributed by atoms with Gasteiger partial charge in [-0.25, -0.2) is 0 Å². The van der Waals surface area contributed by atoms with Crippen molar-refractivity contribution in [3.63, 3.8) is 0 Å². The fourth-order valence-corrected chi connectivity index (χ4v) is 3.33. The molecule has 0 spiro atoms. The van der Waals surface area contributed by atoms with E-state index in [2.05, 4.69) is 39.7 Å². The van der Waals surface area contributed by atoms with Crippen LogP contribution in [0.5, 0.6) is 5.75 Å². The van der Waals surface area contributed by atoms with Gasteiger partial charge in [0.2, 0.25) is 0 Å². The van der Waals surface area contributed by atoms with E-state index < -0.39 is 0 Å². The van der Waals surface area contributed by atoms with E-state index in [0.717, 1.165) is 24.1 Å². The van der Waals surface area contributed by atoms with E-state index in [1.165, 1.54) is 24.9 Å². The topological polar surface area (TPSA) is 26.7 Å². The summed E-state index contributed by atoms with van der Waals surface area (Å²) in [6.45, 7) is 6.69. The van der Waals surface area contributed by atoms with Crippen molar-refractivity contribution in [1.29, 1.82) is 0 Å². The summed E-state index contributed by atoms with van der Waals surface area (Å²) in [6, 6.07) is 6.44. The summed E-state index contributed by atoms with van der Waals surface area (Å²) in [5.74, 6) is 0.305. The lowest BCUT2D eigenvalue weighted by molar-refractivity contribution is 0.195. The Morgan fingerprint density at radius 2 is 2.26 bits per heavy atom. The maximum absolute atomic E-state index is 9.51. The molecule has 0 bridgehead atoms. The largest absolute Gasteiger partial charge is 0.507 e. The predicted molar refractivity (Wildman–Crippen MR) is 82.4 cm³/mol. The lowest BCUT2D eigenvalue weighted by atomic mass is 10.1. The first-order valence-corrected chi connectivity index (χ1v) is 7.79. The molecule has 0 aliphatic carbocycles. The molecule has 1 saturated heterocycles. The quantitative estimate of drug-likeness (QED) is 0.900. The molecule has 1 atom stereocenters. The zero-order valence-electron chi connectivity index (χ0n) is 11.8. The summed E-state index contributed by atoms with van der Waals surface area (Å²) in [4.78, 5) is 4.95. The number of likely N-dealkylation sites (tertiary alicyclic amines) is 1. The molecule has 2 rings (SSSR count). The normalized spacial score (nSPS) is 20.3. The Labute approximate surface area is 124 Å². The van der Waals surface area contributed by atoms with Crippen molar-refractivity contribution in [2.75, 3.05) is 26.7 Å². The number of halogens is 1. The smallest absolute Gasteiger partial charge is 0.129 e. The van der Waals surface area contributed by atoms with E-state index in [9.17, 15) is 5.11 Å². The number of hydrogen-bond donors (Lipinski definition) is 1. The van der Waals surface area contributed by atoms with Gasteiger partial charge in [-0.05, 0) is 66.6 Å². The lowest BCUT2D eigenvalue weighted by Gasteiger charge is -2.27. The summed E-state index contributed by atoms with van der Waals surface area (Å²) in [6.07, 6.45) is 2.65. The number of benzene rings is 1. The molecule has 1 aliphatic rings. The summed E-state index contributed by atoms with van der Waals surface area (Å²) in [5, 5.41) is 9.51. The van der Waals surface area contributed by atoms with E-state index in [1.807, 2.05) is 12.1 Å². The number of phenols is 1. The number of rotatable bonds is 5. The molecule has 3 nitrogen and oxygen atoms in total. The zero-order valence-corrected chi connectivity index (χ0v) is 13.4. The molecule has 106 valence electrons. The van der Waals surface area contributed by atoms with Gasteiger partial charge in [0.05, 0.1) is 4.47 Å². The molecule has 1 aromatic carbocycles. The first kappa shape index (κ1) is 14.8. The Kier molecular flexibility index (Phi) is 5.25. The number of likely N-dealkylation sites (N-methyl/N-ethyl adjacent to an activating group) is 2. The molecule has 1 heterocycles. The molecular weight excluding hydrogens is 304 g/mol. The monoisotopic (exact) mass is 326 g/mol. The third-order valence-electron chi connectivity index (χ3n) is 3.89. The fourth-order valence-electron chi connectivity index (χ4n) is 2.90. The van der Waals surface area contributed by atoms with E-state index in [-0.39, 0.29) is 0 Å². The van der Waals surface area contributed by atoms with Gasteiger partial charge in [0, 0.05) is 19.1 Å². The first-order chi connectivity index (χ1) is 9.10.